The second-order valence-electron chi connectivity index (χ2n) is 35.0. The molecule has 0 fully saturated rings. The third kappa shape index (κ3) is 16.5. The summed E-state index contributed by atoms with van der Waals surface area (Å²) in [5, 5.41) is 20.8. The molecular formula is C132H86N8. The van der Waals surface area contributed by atoms with Crippen molar-refractivity contribution in [2.24, 2.45) is 0 Å². The van der Waals surface area contributed by atoms with Gasteiger partial charge >= 0.3 is 0 Å². The zero-order valence-corrected chi connectivity index (χ0v) is 76.2. The van der Waals surface area contributed by atoms with Gasteiger partial charge in [-0.15, -0.1) is 0 Å². The third-order valence-electron chi connectivity index (χ3n) is 26.4. The van der Waals surface area contributed by atoms with E-state index in [1.165, 1.54) is 93.0 Å². The van der Waals surface area contributed by atoms with Crippen molar-refractivity contribution in [1.82, 2.24) is 39.9 Å². The van der Waals surface area contributed by atoms with Gasteiger partial charge in [0.2, 0.25) is 0 Å². The highest BCUT2D eigenvalue weighted by Crippen LogP contribution is 2.46. The highest BCUT2D eigenvalue weighted by molar-refractivity contribution is 6.20. The number of rotatable bonds is 12. The molecule has 8 heteroatoms. The SMILES string of the molecule is c1ccc(-c2cc3c(-c4ccccc4)nc(-c4ccc5ccccc5c4)nc3c3ccccc23)cc1.c1ccc(-c2cc3c(-c4ccccc4)nc(-c4cccc5ccccc45)nc3c3ccccc23)cc1.c1ccc(-c2nc(-c3ccccc3)c3cc(-c4ccc5ccccc5c4)c4ccccc4c3n2)cc1.c1ccc(-c2nc(-c3ccccc3)c3cc(-c4ccccc4)c4ccccc4c3n2)cc1. The summed E-state index contributed by atoms with van der Waals surface area (Å²) in [5.41, 5.74) is 25.7. The Morgan fingerprint density at radius 1 is 0.100 bits per heavy atom. The quantitative estimate of drug-likeness (QED) is 0.111. The fraction of sp³-hybridized carbons (Fsp3) is 0. The summed E-state index contributed by atoms with van der Waals surface area (Å²) in [6, 6.07) is 182. The van der Waals surface area contributed by atoms with Crippen LogP contribution in [-0.2, 0) is 0 Å². The van der Waals surface area contributed by atoms with Crippen molar-refractivity contribution in [3.8, 4) is 135 Å². The molecule has 23 aromatic carbocycles. The predicted molar refractivity (Wildman–Crippen MR) is 586 cm³/mol. The molecule has 140 heavy (non-hydrogen) atoms. The van der Waals surface area contributed by atoms with Crippen LogP contribution in [0, 0.1) is 0 Å². The minimum atomic E-state index is 0.740. The third-order valence-corrected chi connectivity index (χ3v) is 26.4. The van der Waals surface area contributed by atoms with Crippen LogP contribution in [0.3, 0.4) is 0 Å². The van der Waals surface area contributed by atoms with Crippen molar-refractivity contribution in [1.29, 1.82) is 0 Å². The molecule has 0 aliphatic carbocycles. The van der Waals surface area contributed by atoms with Crippen LogP contribution >= 0.6 is 0 Å². The van der Waals surface area contributed by atoms with Gasteiger partial charge in [-0.05, 0) is 135 Å². The number of benzene rings is 23. The first-order valence-electron chi connectivity index (χ1n) is 47.3. The predicted octanol–water partition coefficient (Wildman–Crippen LogP) is 34.6. The number of hydrogen-bond donors (Lipinski definition) is 0. The maximum Gasteiger partial charge on any atom is 0.161 e. The minimum absolute atomic E-state index is 0.740. The highest BCUT2D eigenvalue weighted by atomic mass is 14.9. The fourth-order valence-corrected chi connectivity index (χ4v) is 19.7. The lowest BCUT2D eigenvalue weighted by molar-refractivity contribution is 1.23. The maximum absolute atomic E-state index is 5.23. The zero-order valence-electron chi connectivity index (χ0n) is 76.2. The van der Waals surface area contributed by atoms with Gasteiger partial charge in [0, 0.05) is 87.6 Å². The molecule has 27 aromatic rings. The molecule has 654 valence electrons. The molecule has 0 saturated carbocycles. The van der Waals surface area contributed by atoms with Crippen LogP contribution in [0.4, 0.5) is 0 Å². The van der Waals surface area contributed by atoms with Gasteiger partial charge < -0.3 is 0 Å². The number of hydrogen-bond acceptors (Lipinski definition) is 8. The second kappa shape index (κ2) is 37.6. The molecule has 4 aromatic heterocycles. The van der Waals surface area contributed by atoms with Crippen molar-refractivity contribution in [3.05, 3.63) is 522 Å². The summed E-state index contributed by atoms with van der Waals surface area (Å²) in [6.07, 6.45) is 0. The Morgan fingerprint density at radius 3 is 0.650 bits per heavy atom. The summed E-state index contributed by atoms with van der Waals surface area (Å²) in [4.78, 5) is 41.2. The zero-order chi connectivity index (χ0) is 93.0. The molecule has 27 rings (SSSR count). The van der Waals surface area contributed by atoms with Gasteiger partial charge in [-0.3, -0.25) is 0 Å². The Bertz CT molecular complexity index is 9310. The van der Waals surface area contributed by atoms with Crippen molar-refractivity contribution in [2.75, 3.05) is 0 Å². The molecule has 0 atom stereocenters. The summed E-state index contributed by atoms with van der Waals surface area (Å²) in [6.45, 7) is 0. The van der Waals surface area contributed by atoms with Gasteiger partial charge in [0.1, 0.15) is 0 Å². The van der Waals surface area contributed by atoms with Crippen LogP contribution in [0.15, 0.2) is 522 Å². The van der Waals surface area contributed by atoms with E-state index in [4.69, 9.17) is 39.9 Å². The van der Waals surface area contributed by atoms with E-state index in [9.17, 15) is 0 Å². The first-order chi connectivity index (χ1) is 69.4. The van der Waals surface area contributed by atoms with E-state index in [-0.39, 0.29) is 0 Å². The Labute approximate surface area is 810 Å². The van der Waals surface area contributed by atoms with Gasteiger partial charge in [-0.2, -0.15) is 0 Å². The lowest BCUT2D eigenvalue weighted by Crippen LogP contribution is -1.97. The summed E-state index contributed by atoms with van der Waals surface area (Å²) < 4.78 is 0. The van der Waals surface area contributed by atoms with Gasteiger partial charge in [0.15, 0.2) is 23.3 Å². The van der Waals surface area contributed by atoms with Gasteiger partial charge in [0.05, 0.1) is 44.8 Å². The molecular weight excluding hydrogens is 1700 g/mol. The molecule has 0 radical (unpaired) electrons. The highest BCUT2D eigenvalue weighted by Gasteiger charge is 2.24. The van der Waals surface area contributed by atoms with Crippen LogP contribution in [0.2, 0.25) is 0 Å². The maximum atomic E-state index is 5.23. The molecule has 0 aliphatic rings. The van der Waals surface area contributed by atoms with Crippen molar-refractivity contribution in [2.45, 2.75) is 0 Å². The van der Waals surface area contributed by atoms with E-state index < -0.39 is 0 Å². The molecule has 0 saturated heterocycles. The molecule has 0 spiro atoms. The number of fused-ring (bicyclic) bond motifs is 15. The lowest BCUT2D eigenvalue weighted by atomic mass is 9.92. The smallest absolute Gasteiger partial charge is 0.161 e. The van der Waals surface area contributed by atoms with Gasteiger partial charge in [-0.1, -0.05) is 485 Å². The summed E-state index contributed by atoms with van der Waals surface area (Å²) in [5.74, 6) is 2.97. The van der Waals surface area contributed by atoms with E-state index in [1.54, 1.807) is 0 Å². The molecule has 0 amide bonds. The summed E-state index contributed by atoms with van der Waals surface area (Å²) >= 11 is 0. The van der Waals surface area contributed by atoms with E-state index in [1.807, 2.05) is 60.7 Å². The van der Waals surface area contributed by atoms with Crippen LogP contribution < -0.4 is 0 Å². The topological polar surface area (TPSA) is 103 Å². The van der Waals surface area contributed by atoms with Crippen LogP contribution in [0.1, 0.15) is 0 Å². The fourth-order valence-electron chi connectivity index (χ4n) is 19.7. The van der Waals surface area contributed by atoms with Gasteiger partial charge in [0.25, 0.3) is 0 Å². The Balaban J connectivity index is 0.000000101. The molecule has 0 aliphatic heterocycles. The first kappa shape index (κ1) is 84.3. The first-order valence-corrected chi connectivity index (χ1v) is 47.3. The average molecular weight is 1780 g/mol. The number of aromatic nitrogens is 8. The Kier molecular flexibility index (Phi) is 22.6. The number of nitrogens with zero attached hydrogens (tertiary/aromatic N) is 8. The van der Waals surface area contributed by atoms with Crippen molar-refractivity contribution < 1.29 is 0 Å². The largest absolute Gasteiger partial charge is 0.227 e. The van der Waals surface area contributed by atoms with E-state index >= 15 is 0 Å². The molecule has 0 unspecified atom stereocenters. The molecule has 0 bridgehead atoms. The molecule has 0 N–H and O–H groups in total. The second-order valence-corrected chi connectivity index (χ2v) is 35.0. The molecule has 4 heterocycles. The van der Waals surface area contributed by atoms with E-state index in [0.29, 0.717) is 0 Å². The average Bonchev–Trinajstić information content (AvgIpc) is 0.753. The van der Waals surface area contributed by atoms with Crippen molar-refractivity contribution >= 4 is 119 Å². The van der Waals surface area contributed by atoms with Crippen LogP contribution in [0.25, 0.3) is 254 Å². The minimum Gasteiger partial charge on any atom is -0.227 e. The Hall–Kier alpha value is -18.8. The normalized spacial score (nSPS) is 11.3. The van der Waals surface area contributed by atoms with Gasteiger partial charge in [-0.25, -0.2) is 39.9 Å². The standard InChI is InChI=1S/3C34H22N2.C30H20N2/c1-3-12-24(13-4-1)30-22-31-32(25-15-5-2-6-16-25)35-34(36-33(31)28-20-10-9-19-27(28)30)29-21-11-17-23-14-7-8-18-26(23)29;1-3-12-24(13-4-1)32-31-22-30(27-20-19-23-11-7-8-16-26(23)21-27)28-17-9-10-18-29(28)33(31)36-34(35-32)25-14-5-2-6-15-25;1-3-12-24(13-4-1)30-22-31-32(25-14-5-2-6-15-25)35-34(36-33(31)29-18-10-9-17-28(29)30)27-20-19-23-11-7-8-16-26(23)21-27;1-4-12-21(13-5-1)26-20-27-28(22-14-6-2-7-15-22)31-30(23-16-8-3-9-17-23)32-29(27)25-19-11-10-18-24(25)26/h3*1-22H;1-20H. The molecule has 8 nitrogen and oxygen atoms in total. The van der Waals surface area contributed by atoms with E-state index in [0.717, 1.165) is 161 Å². The lowest BCUT2D eigenvalue weighted by Gasteiger charge is -2.15. The van der Waals surface area contributed by atoms with Crippen LogP contribution in [-0.4, -0.2) is 39.9 Å². The van der Waals surface area contributed by atoms with Crippen LogP contribution in [0.5, 0.6) is 0 Å². The Morgan fingerprint density at radius 2 is 0.321 bits per heavy atom. The van der Waals surface area contributed by atoms with E-state index in [2.05, 4.69) is 461 Å². The monoisotopic (exact) mass is 1780 g/mol. The summed E-state index contributed by atoms with van der Waals surface area (Å²) in [7, 11) is 0. The van der Waals surface area contributed by atoms with Crippen molar-refractivity contribution in [3.63, 3.8) is 0 Å².